The number of carbonyl (C=O) groups excluding carboxylic acids is 1. The highest BCUT2D eigenvalue weighted by Crippen LogP contribution is 2.25. The van der Waals surface area contributed by atoms with E-state index in [1.165, 1.54) is 17.8 Å². The molecule has 24 heavy (non-hydrogen) atoms. The van der Waals surface area contributed by atoms with Crippen LogP contribution in [0.3, 0.4) is 0 Å². The summed E-state index contributed by atoms with van der Waals surface area (Å²) in [5.41, 5.74) is 2.01. The average molecular weight is 329 g/mol. The molecule has 1 aliphatic heterocycles. The molecule has 2 atom stereocenters. The van der Waals surface area contributed by atoms with E-state index in [1.54, 1.807) is 6.07 Å². The number of hydrogen-bond donors (Lipinski definition) is 2. The molecular formula is C19H24FN3O. The van der Waals surface area contributed by atoms with Gasteiger partial charge in [-0.25, -0.2) is 4.39 Å². The van der Waals surface area contributed by atoms with Crippen LogP contribution in [0.4, 0.5) is 4.39 Å². The maximum atomic E-state index is 13.6. The van der Waals surface area contributed by atoms with Gasteiger partial charge in [0, 0.05) is 36.9 Å². The number of aromatic nitrogens is 1. The third kappa shape index (κ3) is 3.67. The molecule has 1 saturated heterocycles. The molecule has 0 radical (unpaired) electrons. The summed E-state index contributed by atoms with van der Waals surface area (Å²) in [4.78, 5) is 11.8. The van der Waals surface area contributed by atoms with Crippen LogP contribution in [0.2, 0.25) is 0 Å². The Hall–Kier alpha value is -2.14. The molecule has 1 aromatic heterocycles. The number of hydrogen-bond acceptors (Lipinski definition) is 2. The van der Waals surface area contributed by atoms with Crippen LogP contribution in [-0.4, -0.2) is 16.5 Å². The second-order valence-corrected chi connectivity index (χ2v) is 6.63. The van der Waals surface area contributed by atoms with Crippen LogP contribution in [0.25, 0.3) is 0 Å². The Balaban J connectivity index is 1.74. The lowest BCUT2D eigenvalue weighted by Gasteiger charge is -2.33. The molecule has 1 aliphatic rings. The van der Waals surface area contributed by atoms with Crippen LogP contribution in [0, 0.1) is 5.82 Å². The number of nitrogens with one attached hydrogen (secondary N) is 2. The molecule has 2 heterocycles. The average Bonchev–Trinajstić information content (AvgIpc) is 3.02. The largest absolute Gasteiger partial charge is 0.348 e. The Bertz CT molecular complexity index is 710. The highest BCUT2D eigenvalue weighted by molar-refractivity contribution is 5.77. The van der Waals surface area contributed by atoms with E-state index in [4.69, 9.17) is 0 Å². The van der Waals surface area contributed by atoms with E-state index >= 15 is 0 Å². The van der Waals surface area contributed by atoms with E-state index < -0.39 is 0 Å². The van der Waals surface area contributed by atoms with Crippen molar-refractivity contribution < 1.29 is 9.18 Å². The van der Waals surface area contributed by atoms with E-state index in [2.05, 4.69) is 41.3 Å². The van der Waals surface area contributed by atoms with Crippen molar-refractivity contribution in [2.45, 2.75) is 51.4 Å². The first-order valence-electron chi connectivity index (χ1n) is 8.48. The van der Waals surface area contributed by atoms with Crippen molar-refractivity contribution in [2.75, 3.05) is 0 Å². The minimum atomic E-state index is -0.278. The van der Waals surface area contributed by atoms with Crippen molar-refractivity contribution in [3.05, 3.63) is 59.7 Å². The van der Waals surface area contributed by atoms with Crippen molar-refractivity contribution in [3.63, 3.8) is 0 Å². The number of piperidine rings is 1. The summed E-state index contributed by atoms with van der Waals surface area (Å²) in [6.45, 7) is 5.03. The van der Waals surface area contributed by atoms with Gasteiger partial charge in [-0.05, 0) is 50.1 Å². The summed E-state index contributed by atoms with van der Waals surface area (Å²) in [5, 5.41) is 6.55. The van der Waals surface area contributed by atoms with Gasteiger partial charge in [-0.2, -0.15) is 0 Å². The van der Waals surface area contributed by atoms with E-state index in [-0.39, 0.29) is 23.8 Å². The maximum absolute atomic E-state index is 13.6. The zero-order valence-corrected chi connectivity index (χ0v) is 14.1. The lowest BCUT2D eigenvalue weighted by Crippen LogP contribution is -2.48. The summed E-state index contributed by atoms with van der Waals surface area (Å²) >= 11 is 0. The van der Waals surface area contributed by atoms with Gasteiger partial charge in [-0.3, -0.25) is 4.79 Å². The number of rotatable bonds is 5. The SMILES string of the molecule is CC(C)n1cccc1CN[C@@H]1CCC(=O)N[C@H]1c1cccc(F)c1. The maximum Gasteiger partial charge on any atom is 0.220 e. The molecule has 2 aromatic rings. The van der Waals surface area contributed by atoms with Gasteiger partial charge in [0.05, 0.1) is 6.04 Å². The van der Waals surface area contributed by atoms with Crippen LogP contribution in [0.15, 0.2) is 42.6 Å². The van der Waals surface area contributed by atoms with Gasteiger partial charge in [-0.15, -0.1) is 0 Å². The molecule has 1 amide bonds. The molecule has 1 aromatic carbocycles. The second-order valence-electron chi connectivity index (χ2n) is 6.63. The fourth-order valence-corrected chi connectivity index (χ4v) is 3.35. The molecule has 3 rings (SSSR count). The third-order valence-corrected chi connectivity index (χ3v) is 4.58. The Labute approximate surface area is 142 Å². The topological polar surface area (TPSA) is 46.1 Å². The molecule has 0 saturated carbocycles. The molecule has 2 N–H and O–H groups in total. The number of nitrogens with zero attached hydrogens (tertiary/aromatic N) is 1. The molecule has 4 nitrogen and oxygen atoms in total. The number of carbonyl (C=O) groups is 1. The van der Waals surface area contributed by atoms with Crippen molar-refractivity contribution in [2.24, 2.45) is 0 Å². The van der Waals surface area contributed by atoms with Crippen molar-refractivity contribution >= 4 is 5.91 Å². The molecule has 0 bridgehead atoms. The van der Waals surface area contributed by atoms with Gasteiger partial charge in [-0.1, -0.05) is 12.1 Å². The third-order valence-electron chi connectivity index (χ3n) is 4.58. The highest BCUT2D eigenvalue weighted by Gasteiger charge is 2.29. The first-order valence-corrected chi connectivity index (χ1v) is 8.48. The summed E-state index contributed by atoms with van der Waals surface area (Å²) in [6, 6.07) is 10.9. The Morgan fingerprint density at radius 3 is 2.92 bits per heavy atom. The monoisotopic (exact) mass is 329 g/mol. The van der Waals surface area contributed by atoms with Gasteiger partial charge >= 0.3 is 0 Å². The Morgan fingerprint density at radius 2 is 2.17 bits per heavy atom. The van der Waals surface area contributed by atoms with E-state index in [0.717, 1.165) is 18.5 Å². The lowest BCUT2D eigenvalue weighted by atomic mass is 9.92. The quantitative estimate of drug-likeness (QED) is 0.884. The Morgan fingerprint density at radius 1 is 1.33 bits per heavy atom. The molecule has 0 spiro atoms. The van der Waals surface area contributed by atoms with Crippen LogP contribution in [0.5, 0.6) is 0 Å². The minimum Gasteiger partial charge on any atom is -0.348 e. The molecule has 0 aliphatic carbocycles. The highest BCUT2D eigenvalue weighted by atomic mass is 19.1. The zero-order chi connectivity index (χ0) is 17.1. The Kier molecular flexibility index (Phi) is 5.00. The number of benzene rings is 1. The lowest BCUT2D eigenvalue weighted by molar-refractivity contribution is -0.123. The van der Waals surface area contributed by atoms with Crippen LogP contribution < -0.4 is 10.6 Å². The molecule has 5 heteroatoms. The first kappa shape index (κ1) is 16.7. The first-order chi connectivity index (χ1) is 11.5. The molecule has 1 fully saturated rings. The van der Waals surface area contributed by atoms with Crippen molar-refractivity contribution in [3.8, 4) is 0 Å². The fraction of sp³-hybridized carbons (Fsp3) is 0.421. The second kappa shape index (κ2) is 7.18. The number of amides is 1. The predicted molar refractivity (Wildman–Crippen MR) is 92.0 cm³/mol. The van der Waals surface area contributed by atoms with Crippen LogP contribution in [0.1, 0.15) is 50.0 Å². The van der Waals surface area contributed by atoms with E-state index in [1.807, 2.05) is 12.1 Å². The van der Waals surface area contributed by atoms with Gasteiger partial charge in [0.1, 0.15) is 5.82 Å². The van der Waals surface area contributed by atoms with Gasteiger partial charge in [0.15, 0.2) is 0 Å². The van der Waals surface area contributed by atoms with Crippen LogP contribution in [-0.2, 0) is 11.3 Å². The molecule has 128 valence electrons. The normalized spacial score (nSPS) is 21.1. The zero-order valence-electron chi connectivity index (χ0n) is 14.1. The van der Waals surface area contributed by atoms with Crippen molar-refractivity contribution in [1.29, 1.82) is 0 Å². The number of halogens is 1. The van der Waals surface area contributed by atoms with Crippen LogP contribution >= 0.6 is 0 Å². The van der Waals surface area contributed by atoms with Gasteiger partial charge in [0.2, 0.25) is 5.91 Å². The molecular weight excluding hydrogens is 305 g/mol. The summed E-state index contributed by atoms with van der Waals surface area (Å²) in [7, 11) is 0. The van der Waals surface area contributed by atoms with E-state index in [0.29, 0.717) is 12.5 Å². The van der Waals surface area contributed by atoms with Gasteiger partial charge in [0.25, 0.3) is 0 Å². The van der Waals surface area contributed by atoms with E-state index in [9.17, 15) is 9.18 Å². The summed E-state index contributed by atoms with van der Waals surface area (Å²) in [6.07, 6.45) is 3.32. The predicted octanol–water partition coefficient (Wildman–Crippen LogP) is 3.32. The molecule has 0 unspecified atom stereocenters. The van der Waals surface area contributed by atoms with Gasteiger partial charge < -0.3 is 15.2 Å². The summed E-state index contributed by atoms with van der Waals surface area (Å²) < 4.78 is 15.8. The fourth-order valence-electron chi connectivity index (χ4n) is 3.35. The minimum absolute atomic E-state index is 0.0212. The smallest absolute Gasteiger partial charge is 0.220 e. The standard InChI is InChI=1S/C19H24FN3O/c1-13(2)23-10-4-7-16(23)12-21-17-8-9-18(24)22-19(17)14-5-3-6-15(20)11-14/h3-7,10-11,13,17,19,21H,8-9,12H2,1-2H3,(H,22,24)/t17-,19+/m1/s1. The van der Waals surface area contributed by atoms with Crippen molar-refractivity contribution in [1.82, 2.24) is 15.2 Å². The summed E-state index contributed by atoms with van der Waals surface area (Å²) in [5.74, 6) is -0.257.